The summed E-state index contributed by atoms with van der Waals surface area (Å²) in [5, 5.41) is 17.6. The fourth-order valence-electron chi connectivity index (χ4n) is 1.95. The normalized spacial score (nSPS) is 25.8. The number of nitrogens with zero attached hydrogens (tertiary/aromatic N) is 3. The number of aliphatic hydroxyl groups excluding tert-OH is 1. The van der Waals surface area contributed by atoms with E-state index in [0.717, 1.165) is 0 Å². The van der Waals surface area contributed by atoms with E-state index in [4.69, 9.17) is 0 Å². The number of halogens is 1. The Bertz CT molecular complexity index is 479. The highest BCUT2D eigenvalue weighted by Crippen LogP contribution is 2.33. The van der Waals surface area contributed by atoms with Crippen molar-refractivity contribution in [1.82, 2.24) is 15.0 Å². The van der Waals surface area contributed by atoms with E-state index in [1.165, 1.54) is 4.68 Å². The predicted molar refractivity (Wildman–Crippen MR) is 60.4 cm³/mol. The number of sulfone groups is 1. The number of aliphatic hydroxyl groups is 1. The molecular formula is C8H12BrN3O3S. The van der Waals surface area contributed by atoms with Crippen LogP contribution in [0.4, 0.5) is 0 Å². The Morgan fingerprint density at radius 1 is 1.62 bits per heavy atom. The van der Waals surface area contributed by atoms with Crippen LogP contribution >= 0.6 is 15.9 Å². The van der Waals surface area contributed by atoms with E-state index >= 15 is 0 Å². The van der Waals surface area contributed by atoms with E-state index < -0.39 is 15.9 Å². The van der Waals surface area contributed by atoms with E-state index in [1.807, 2.05) is 0 Å². The van der Waals surface area contributed by atoms with Crippen LogP contribution in [0.5, 0.6) is 0 Å². The first-order valence-corrected chi connectivity index (χ1v) is 7.46. The lowest BCUT2D eigenvalue weighted by Gasteiger charge is -2.16. The number of aryl methyl sites for hydroxylation is 1. The van der Waals surface area contributed by atoms with Gasteiger partial charge in [-0.2, -0.15) is 0 Å². The molecule has 2 atom stereocenters. The molecular weight excluding hydrogens is 298 g/mol. The van der Waals surface area contributed by atoms with Crippen LogP contribution in [0, 0.1) is 5.92 Å². The number of rotatable bonds is 2. The maximum atomic E-state index is 11.3. The highest BCUT2D eigenvalue weighted by atomic mass is 79.9. The van der Waals surface area contributed by atoms with Gasteiger partial charge in [0.05, 0.1) is 11.5 Å². The van der Waals surface area contributed by atoms with E-state index in [2.05, 4.69) is 26.2 Å². The smallest absolute Gasteiger partial charge is 0.154 e. The van der Waals surface area contributed by atoms with Crippen molar-refractivity contribution in [3.63, 3.8) is 0 Å². The molecule has 2 rings (SSSR count). The minimum Gasteiger partial charge on any atom is -0.386 e. The second-order valence-electron chi connectivity index (χ2n) is 4.00. The van der Waals surface area contributed by atoms with E-state index in [-0.39, 0.29) is 17.4 Å². The lowest BCUT2D eigenvalue weighted by atomic mass is 10.00. The molecule has 1 aliphatic heterocycles. The highest BCUT2D eigenvalue weighted by molar-refractivity contribution is 9.10. The van der Waals surface area contributed by atoms with E-state index in [9.17, 15) is 13.5 Å². The summed E-state index contributed by atoms with van der Waals surface area (Å²) in [6.07, 6.45) is -0.354. The summed E-state index contributed by atoms with van der Waals surface area (Å²) in [4.78, 5) is 0. The lowest BCUT2D eigenvalue weighted by molar-refractivity contribution is 0.112. The Hall–Kier alpha value is -0.470. The van der Waals surface area contributed by atoms with Gasteiger partial charge in [0.25, 0.3) is 0 Å². The zero-order valence-electron chi connectivity index (χ0n) is 8.67. The Labute approximate surface area is 102 Å². The van der Waals surface area contributed by atoms with Crippen LogP contribution in [-0.4, -0.2) is 40.0 Å². The predicted octanol–water partition coefficient (Wildman–Crippen LogP) is 0.0457. The molecule has 1 saturated heterocycles. The van der Waals surface area contributed by atoms with Crippen LogP contribution in [0.25, 0.3) is 0 Å². The van der Waals surface area contributed by atoms with Gasteiger partial charge in [-0.25, -0.2) is 13.1 Å². The van der Waals surface area contributed by atoms with Crippen LogP contribution in [-0.2, 0) is 16.9 Å². The fourth-order valence-corrected chi connectivity index (χ4v) is 4.34. The van der Waals surface area contributed by atoms with Gasteiger partial charge < -0.3 is 5.11 Å². The van der Waals surface area contributed by atoms with Gasteiger partial charge in [-0.1, -0.05) is 5.21 Å². The molecule has 90 valence electrons. The second kappa shape index (κ2) is 4.08. The largest absolute Gasteiger partial charge is 0.386 e. The van der Waals surface area contributed by atoms with Gasteiger partial charge in [-0.05, 0) is 22.4 Å². The van der Waals surface area contributed by atoms with Crippen LogP contribution in [0.3, 0.4) is 0 Å². The van der Waals surface area contributed by atoms with Gasteiger partial charge in [0.2, 0.25) is 0 Å². The maximum Gasteiger partial charge on any atom is 0.154 e. The quantitative estimate of drug-likeness (QED) is 0.834. The molecule has 0 radical (unpaired) electrons. The van der Waals surface area contributed by atoms with Crippen molar-refractivity contribution in [2.45, 2.75) is 12.5 Å². The Morgan fingerprint density at radius 2 is 2.31 bits per heavy atom. The minimum atomic E-state index is -2.98. The maximum absolute atomic E-state index is 11.3. The summed E-state index contributed by atoms with van der Waals surface area (Å²) in [6.45, 7) is 0. The molecule has 0 saturated carbocycles. The van der Waals surface area contributed by atoms with Crippen LogP contribution in [0.1, 0.15) is 18.2 Å². The molecule has 1 aromatic heterocycles. The molecule has 0 bridgehead atoms. The molecule has 1 aliphatic rings. The lowest BCUT2D eigenvalue weighted by Crippen LogP contribution is -2.17. The minimum absolute atomic E-state index is 0.0335. The first-order valence-electron chi connectivity index (χ1n) is 4.84. The fraction of sp³-hybridized carbons (Fsp3) is 0.750. The second-order valence-corrected chi connectivity index (χ2v) is 6.98. The number of hydrogen-bond donors (Lipinski definition) is 1. The average Bonchev–Trinajstić information content (AvgIpc) is 2.70. The molecule has 1 aromatic rings. The van der Waals surface area contributed by atoms with Crippen molar-refractivity contribution >= 4 is 25.8 Å². The molecule has 16 heavy (non-hydrogen) atoms. The standard InChI is InChI=1S/C8H12BrN3O3S/c1-12-6(8(9)10-11-12)7(13)5-2-3-16(14,15)4-5/h5,7,13H,2-4H2,1H3. The summed E-state index contributed by atoms with van der Waals surface area (Å²) in [5.74, 6) is -0.0813. The number of hydrogen-bond acceptors (Lipinski definition) is 5. The Morgan fingerprint density at radius 3 is 2.75 bits per heavy atom. The zero-order valence-corrected chi connectivity index (χ0v) is 11.1. The summed E-state index contributed by atoms with van der Waals surface area (Å²) < 4.78 is 24.6. The number of aromatic nitrogens is 3. The molecule has 1 fully saturated rings. The third-order valence-corrected chi connectivity index (χ3v) is 5.18. The van der Waals surface area contributed by atoms with Crippen molar-refractivity contribution in [2.24, 2.45) is 13.0 Å². The van der Waals surface area contributed by atoms with Crippen LogP contribution < -0.4 is 0 Å². The summed E-state index contributed by atoms with van der Waals surface area (Å²) in [7, 11) is -1.32. The molecule has 0 aromatic carbocycles. The first-order chi connectivity index (χ1) is 7.41. The topological polar surface area (TPSA) is 85.1 Å². The molecule has 2 heterocycles. The summed E-state index contributed by atoms with van der Waals surface area (Å²) in [5.41, 5.74) is 0.530. The molecule has 0 amide bonds. The van der Waals surface area contributed by atoms with Crippen molar-refractivity contribution in [2.75, 3.05) is 11.5 Å². The average molecular weight is 310 g/mol. The van der Waals surface area contributed by atoms with Gasteiger partial charge in [-0.15, -0.1) is 5.10 Å². The molecule has 2 unspecified atom stereocenters. The summed E-state index contributed by atoms with van der Waals surface area (Å²) in [6, 6.07) is 0. The molecule has 6 nitrogen and oxygen atoms in total. The van der Waals surface area contributed by atoms with Gasteiger partial charge in [-0.3, -0.25) is 0 Å². The highest BCUT2D eigenvalue weighted by Gasteiger charge is 2.35. The van der Waals surface area contributed by atoms with E-state index in [1.54, 1.807) is 7.05 Å². The summed E-state index contributed by atoms with van der Waals surface area (Å²) >= 11 is 3.19. The Kier molecular flexibility index (Phi) is 3.06. The molecule has 0 spiro atoms. The first kappa shape index (κ1) is 12.0. The van der Waals surface area contributed by atoms with Gasteiger partial charge in [0, 0.05) is 13.0 Å². The van der Waals surface area contributed by atoms with Crippen LogP contribution in [0.2, 0.25) is 0 Å². The molecule has 8 heteroatoms. The van der Waals surface area contributed by atoms with Gasteiger partial charge >= 0.3 is 0 Å². The Balaban J connectivity index is 2.24. The van der Waals surface area contributed by atoms with Crippen molar-refractivity contribution in [3.8, 4) is 0 Å². The van der Waals surface area contributed by atoms with Crippen LogP contribution in [0.15, 0.2) is 4.60 Å². The molecule has 1 N–H and O–H groups in total. The van der Waals surface area contributed by atoms with Gasteiger partial charge in [0.1, 0.15) is 11.8 Å². The van der Waals surface area contributed by atoms with Crippen molar-refractivity contribution in [3.05, 3.63) is 10.3 Å². The molecule has 0 aliphatic carbocycles. The van der Waals surface area contributed by atoms with Gasteiger partial charge in [0.15, 0.2) is 14.4 Å². The third kappa shape index (κ3) is 2.14. The van der Waals surface area contributed by atoms with Crippen molar-refractivity contribution in [1.29, 1.82) is 0 Å². The SMILES string of the molecule is Cn1nnc(Br)c1C(O)C1CCS(=O)(=O)C1. The third-order valence-electron chi connectivity index (χ3n) is 2.82. The monoisotopic (exact) mass is 309 g/mol. The van der Waals surface area contributed by atoms with Crippen molar-refractivity contribution < 1.29 is 13.5 Å². The zero-order chi connectivity index (χ0) is 11.9. The van der Waals surface area contributed by atoms with E-state index in [0.29, 0.717) is 16.7 Å².